The third-order valence-electron chi connectivity index (χ3n) is 8.17. The summed E-state index contributed by atoms with van der Waals surface area (Å²) in [5, 5.41) is 0. The maximum atomic E-state index is 2.50. The monoisotopic (exact) mass is 479 g/mol. The molecule has 0 heterocycles. The van der Waals surface area contributed by atoms with E-state index in [1.54, 1.807) is 0 Å². The molecule has 2 atom stereocenters. The van der Waals surface area contributed by atoms with Crippen molar-refractivity contribution in [2.75, 3.05) is 0 Å². The zero-order valence-electron chi connectivity index (χ0n) is 25.1. The van der Waals surface area contributed by atoms with Crippen molar-refractivity contribution in [2.45, 2.75) is 202 Å². The first-order valence-electron chi connectivity index (χ1n) is 16.6. The highest BCUT2D eigenvalue weighted by atomic mass is 14.1. The molecular formula is C34H70. The van der Waals surface area contributed by atoms with Gasteiger partial charge in [0.25, 0.3) is 0 Å². The summed E-state index contributed by atoms with van der Waals surface area (Å²) >= 11 is 0. The second-order valence-corrected chi connectivity index (χ2v) is 12.6. The molecular weight excluding hydrogens is 408 g/mol. The van der Waals surface area contributed by atoms with Gasteiger partial charge in [-0.05, 0) is 17.8 Å². The second kappa shape index (κ2) is 27.6. The minimum atomic E-state index is 0.881. The number of unbranched alkanes of at least 4 members (excludes halogenated alkanes) is 18. The normalized spacial score (nSPS) is 13.6. The molecule has 0 fully saturated rings. The lowest BCUT2D eigenvalue weighted by molar-refractivity contribution is 0.385. The van der Waals surface area contributed by atoms with Gasteiger partial charge in [-0.15, -0.1) is 0 Å². The minimum absolute atomic E-state index is 0.881. The van der Waals surface area contributed by atoms with E-state index in [1.807, 2.05) is 0 Å². The molecule has 0 N–H and O–H groups in total. The van der Waals surface area contributed by atoms with Crippen LogP contribution < -0.4 is 0 Å². The van der Waals surface area contributed by atoms with Crippen LogP contribution in [-0.2, 0) is 0 Å². The van der Waals surface area contributed by atoms with Gasteiger partial charge in [-0.1, -0.05) is 202 Å². The van der Waals surface area contributed by atoms with E-state index in [0.717, 1.165) is 17.8 Å². The molecule has 0 aromatic heterocycles. The van der Waals surface area contributed by atoms with Gasteiger partial charge >= 0.3 is 0 Å². The van der Waals surface area contributed by atoms with Crippen LogP contribution in [0.3, 0.4) is 0 Å². The molecule has 0 saturated heterocycles. The van der Waals surface area contributed by atoms with Crippen LogP contribution >= 0.6 is 0 Å². The summed E-state index contributed by atoms with van der Waals surface area (Å²) in [6.45, 7) is 12.0. The molecule has 0 amide bonds. The molecule has 0 heteroatoms. The quantitative estimate of drug-likeness (QED) is 0.0980. The summed E-state index contributed by atoms with van der Waals surface area (Å²) in [6, 6.07) is 0. The average molecular weight is 479 g/mol. The largest absolute Gasteiger partial charge is 0.0654 e. The highest BCUT2D eigenvalue weighted by Gasteiger charge is 2.06. The molecule has 0 radical (unpaired) electrons. The van der Waals surface area contributed by atoms with E-state index in [4.69, 9.17) is 0 Å². The molecule has 0 aromatic rings. The van der Waals surface area contributed by atoms with Crippen LogP contribution in [0, 0.1) is 17.8 Å². The Kier molecular flexibility index (Phi) is 27.6. The number of hydrogen-bond acceptors (Lipinski definition) is 0. The summed E-state index contributed by atoms with van der Waals surface area (Å²) in [5.41, 5.74) is 0. The van der Waals surface area contributed by atoms with Gasteiger partial charge in [0.05, 0.1) is 0 Å². The Bertz CT molecular complexity index is 357. The maximum Gasteiger partial charge on any atom is -0.0443 e. The first kappa shape index (κ1) is 34.0. The van der Waals surface area contributed by atoms with Gasteiger partial charge in [0.2, 0.25) is 0 Å². The van der Waals surface area contributed by atoms with Gasteiger partial charge in [0, 0.05) is 0 Å². The van der Waals surface area contributed by atoms with E-state index in [9.17, 15) is 0 Å². The Labute approximate surface area is 219 Å². The van der Waals surface area contributed by atoms with Crippen molar-refractivity contribution in [1.29, 1.82) is 0 Å². The first-order chi connectivity index (χ1) is 16.6. The Morgan fingerprint density at radius 1 is 0.294 bits per heavy atom. The SMILES string of the molecule is CCCCCCCCCCCCCCCCCCCCCC(C)CCCC(C)CCCC(C)C. The molecule has 0 aliphatic heterocycles. The Balaban J connectivity index is 3.20. The van der Waals surface area contributed by atoms with Crippen LogP contribution in [0.1, 0.15) is 202 Å². The molecule has 0 rings (SSSR count). The van der Waals surface area contributed by atoms with E-state index in [1.165, 1.54) is 167 Å². The highest BCUT2D eigenvalue weighted by Crippen LogP contribution is 2.22. The van der Waals surface area contributed by atoms with Crippen LogP contribution in [0.4, 0.5) is 0 Å². The fourth-order valence-corrected chi connectivity index (χ4v) is 5.55. The summed E-state index contributed by atoms with van der Waals surface area (Å²) in [6.07, 6.45) is 38.2. The topological polar surface area (TPSA) is 0 Å². The van der Waals surface area contributed by atoms with E-state index in [-0.39, 0.29) is 0 Å². The third kappa shape index (κ3) is 28.2. The van der Waals surface area contributed by atoms with Gasteiger partial charge in [-0.3, -0.25) is 0 Å². The van der Waals surface area contributed by atoms with Crippen molar-refractivity contribution in [3.8, 4) is 0 Å². The van der Waals surface area contributed by atoms with E-state index in [0.29, 0.717) is 0 Å². The Morgan fingerprint density at radius 2 is 0.559 bits per heavy atom. The van der Waals surface area contributed by atoms with E-state index >= 15 is 0 Å². The molecule has 206 valence electrons. The lowest BCUT2D eigenvalue weighted by Gasteiger charge is -2.15. The maximum absolute atomic E-state index is 2.50. The molecule has 2 unspecified atom stereocenters. The molecule has 34 heavy (non-hydrogen) atoms. The van der Waals surface area contributed by atoms with Crippen molar-refractivity contribution in [2.24, 2.45) is 17.8 Å². The minimum Gasteiger partial charge on any atom is -0.0654 e. The van der Waals surface area contributed by atoms with Crippen LogP contribution in [0.2, 0.25) is 0 Å². The molecule has 0 saturated carbocycles. The van der Waals surface area contributed by atoms with Gasteiger partial charge < -0.3 is 0 Å². The number of hydrogen-bond donors (Lipinski definition) is 0. The summed E-state index contributed by atoms with van der Waals surface area (Å²) in [7, 11) is 0. The molecule has 0 aliphatic rings. The van der Waals surface area contributed by atoms with Gasteiger partial charge in [-0.2, -0.15) is 0 Å². The first-order valence-corrected chi connectivity index (χ1v) is 16.6. The van der Waals surface area contributed by atoms with Crippen molar-refractivity contribution >= 4 is 0 Å². The Morgan fingerprint density at radius 3 is 0.882 bits per heavy atom. The molecule has 0 bridgehead atoms. The average Bonchev–Trinajstić information content (AvgIpc) is 2.80. The van der Waals surface area contributed by atoms with Crippen molar-refractivity contribution in [1.82, 2.24) is 0 Å². The smallest absolute Gasteiger partial charge is 0.0443 e. The lowest BCUT2D eigenvalue weighted by Crippen LogP contribution is -2.00. The standard InChI is InChI=1S/C34H70/c1-6-7-8-9-10-11-12-13-14-15-16-17-18-19-20-21-22-23-24-28-33(4)30-26-31-34(5)29-25-27-32(2)3/h32-34H,6-31H2,1-5H3. The van der Waals surface area contributed by atoms with Crippen molar-refractivity contribution in [3.63, 3.8) is 0 Å². The fourth-order valence-electron chi connectivity index (χ4n) is 5.55. The predicted molar refractivity (Wildman–Crippen MR) is 159 cm³/mol. The van der Waals surface area contributed by atoms with Crippen LogP contribution in [-0.4, -0.2) is 0 Å². The molecule has 0 aliphatic carbocycles. The molecule has 0 aromatic carbocycles. The van der Waals surface area contributed by atoms with Gasteiger partial charge in [0.15, 0.2) is 0 Å². The Hall–Kier alpha value is 0. The van der Waals surface area contributed by atoms with E-state index < -0.39 is 0 Å². The summed E-state index contributed by atoms with van der Waals surface area (Å²) < 4.78 is 0. The van der Waals surface area contributed by atoms with E-state index in [2.05, 4.69) is 34.6 Å². The highest BCUT2D eigenvalue weighted by molar-refractivity contribution is 4.60. The van der Waals surface area contributed by atoms with Gasteiger partial charge in [-0.25, -0.2) is 0 Å². The summed E-state index contributed by atoms with van der Waals surface area (Å²) in [4.78, 5) is 0. The predicted octanol–water partition coefficient (Wildman–Crippen LogP) is 13.1. The number of rotatable bonds is 28. The van der Waals surface area contributed by atoms with Crippen molar-refractivity contribution < 1.29 is 0 Å². The summed E-state index contributed by atoms with van der Waals surface area (Å²) in [5.74, 6) is 2.78. The van der Waals surface area contributed by atoms with Crippen LogP contribution in [0.5, 0.6) is 0 Å². The van der Waals surface area contributed by atoms with Crippen LogP contribution in [0.15, 0.2) is 0 Å². The second-order valence-electron chi connectivity index (χ2n) is 12.6. The lowest BCUT2D eigenvalue weighted by atomic mass is 9.91. The molecule has 0 spiro atoms. The fraction of sp³-hybridized carbons (Fsp3) is 1.00. The van der Waals surface area contributed by atoms with Crippen molar-refractivity contribution in [3.05, 3.63) is 0 Å². The molecule has 0 nitrogen and oxygen atoms in total. The zero-order valence-corrected chi connectivity index (χ0v) is 25.1. The zero-order chi connectivity index (χ0) is 25.1. The van der Waals surface area contributed by atoms with Gasteiger partial charge in [0.1, 0.15) is 0 Å². The third-order valence-corrected chi connectivity index (χ3v) is 8.17. The van der Waals surface area contributed by atoms with Crippen LogP contribution in [0.25, 0.3) is 0 Å².